The normalized spacial score (nSPS) is 13.8. The van der Waals surface area contributed by atoms with Crippen molar-refractivity contribution in [2.45, 2.75) is 25.3 Å². The predicted molar refractivity (Wildman–Crippen MR) is 53.6 cm³/mol. The molecule has 1 aromatic rings. The highest BCUT2D eigenvalue weighted by Crippen LogP contribution is 2.15. The molecule has 0 aliphatic carbocycles. The Hall–Kier alpha value is -1.19. The first-order chi connectivity index (χ1) is 8.44. The van der Waals surface area contributed by atoms with E-state index in [1.54, 1.807) is 0 Å². The Morgan fingerprint density at radius 3 is 2.72 bits per heavy atom. The van der Waals surface area contributed by atoms with Gasteiger partial charge in [0.2, 0.25) is 5.89 Å². The molecule has 104 valence electrons. The SMILES string of the molecule is COC(CN)Cc1nc(COCC(F)(F)F)no1. The molecule has 0 fully saturated rings. The number of ether oxygens (including phenoxy) is 2. The zero-order valence-corrected chi connectivity index (χ0v) is 9.74. The molecular weight excluding hydrogens is 255 g/mol. The smallest absolute Gasteiger partial charge is 0.380 e. The van der Waals surface area contributed by atoms with E-state index in [9.17, 15) is 13.2 Å². The summed E-state index contributed by atoms with van der Waals surface area (Å²) in [6.07, 6.45) is -4.33. The molecule has 0 saturated heterocycles. The average Bonchev–Trinajstić information content (AvgIpc) is 2.72. The molecule has 0 amide bonds. The van der Waals surface area contributed by atoms with Crippen molar-refractivity contribution < 1.29 is 27.2 Å². The monoisotopic (exact) mass is 269 g/mol. The summed E-state index contributed by atoms with van der Waals surface area (Å²) in [7, 11) is 1.49. The molecule has 1 heterocycles. The topological polar surface area (TPSA) is 83.4 Å². The molecule has 1 aromatic heterocycles. The molecule has 0 radical (unpaired) electrons. The number of methoxy groups -OCH3 is 1. The van der Waals surface area contributed by atoms with E-state index in [-0.39, 0.29) is 31.0 Å². The summed E-state index contributed by atoms with van der Waals surface area (Å²) in [5.74, 6) is 0.305. The third-order valence-corrected chi connectivity index (χ3v) is 2.01. The van der Waals surface area contributed by atoms with Crippen molar-refractivity contribution in [2.75, 3.05) is 20.3 Å². The molecule has 2 N–H and O–H groups in total. The van der Waals surface area contributed by atoms with Gasteiger partial charge in [-0.05, 0) is 0 Å². The first kappa shape index (κ1) is 14.9. The summed E-state index contributed by atoms with van der Waals surface area (Å²) < 4.78 is 49.6. The fourth-order valence-electron chi connectivity index (χ4n) is 1.15. The van der Waals surface area contributed by atoms with Gasteiger partial charge in [0.15, 0.2) is 5.82 Å². The summed E-state index contributed by atoms with van der Waals surface area (Å²) >= 11 is 0. The number of hydrogen-bond donors (Lipinski definition) is 1. The zero-order valence-electron chi connectivity index (χ0n) is 9.74. The van der Waals surface area contributed by atoms with Gasteiger partial charge >= 0.3 is 6.18 Å². The van der Waals surface area contributed by atoms with E-state index in [0.29, 0.717) is 6.42 Å². The third kappa shape index (κ3) is 5.43. The maximum absolute atomic E-state index is 11.8. The van der Waals surface area contributed by atoms with E-state index in [4.69, 9.17) is 15.0 Å². The molecule has 1 rings (SSSR count). The van der Waals surface area contributed by atoms with Crippen molar-refractivity contribution in [3.05, 3.63) is 11.7 Å². The van der Waals surface area contributed by atoms with Crippen LogP contribution in [0.1, 0.15) is 11.7 Å². The van der Waals surface area contributed by atoms with Crippen LogP contribution in [0.15, 0.2) is 4.52 Å². The van der Waals surface area contributed by atoms with Crippen LogP contribution in [0.5, 0.6) is 0 Å². The molecule has 0 saturated carbocycles. The lowest BCUT2D eigenvalue weighted by molar-refractivity contribution is -0.177. The highest BCUT2D eigenvalue weighted by Gasteiger charge is 2.27. The van der Waals surface area contributed by atoms with Crippen LogP contribution in [0.25, 0.3) is 0 Å². The second-order valence-corrected chi connectivity index (χ2v) is 3.51. The summed E-state index contributed by atoms with van der Waals surface area (Å²) in [5.41, 5.74) is 5.40. The molecule has 0 aromatic carbocycles. The van der Waals surface area contributed by atoms with Crippen LogP contribution in [0.3, 0.4) is 0 Å². The third-order valence-electron chi connectivity index (χ3n) is 2.01. The van der Waals surface area contributed by atoms with Gasteiger partial charge in [-0.15, -0.1) is 0 Å². The molecule has 18 heavy (non-hydrogen) atoms. The van der Waals surface area contributed by atoms with Crippen molar-refractivity contribution in [3.8, 4) is 0 Å². The maximum Gasteiger partial charge on any atom is 0.411 e. The van der Waals surface area contributed by atoms with Crippen molar-refractivity contribution >= 4 is 0 Å². The second-order valence-electron chi connectivity index (χ2n) is 3.51. The molecule has 9 heteroatoms. The van der Waals surface area contributed by atoms with Crippen molar-refractivity contribution in [2.24, 2.45) is 5.73 Å². The number of alkyl halides is 3. The Balaban J connectivity index is 2.39. The van der Waals surface area contributed by atoms with Gasteiger partial charge < -0.3 is 19.7 Å². The lowest BCUT2D eigenvalue weighted by Gasteiger charge is -2.08. The van der Waals surface area contributed by atoms with Gasteiger partial charge in [-0.25, -0.2) is 0 Å². The first-order valence-electron chi connectivity index (χ1n) is 5.13. The average molecular weight is 269 g/mol. The second kappa shape index (κ2) is 6.66. The highest BCUT2D eigenvalue weighted by molar-refractivity contribution is 4.87. The van der Waals surface area contributed by atoms with E-state index in [1.807, 2.05) is 0 Å². The molecule has 0 spiro atoms. The first-order valence-corrected chi connectivity index (χ1v) is 5.13. The molecule has 0 aliphatic rings. The minimum absolute atomic E-state index is 0.0566. The Labute approximate surface area is 101 Å². The summed E-state index contributed by atoms with van der Waals surface area (Å²) in [5, 5.41) is 3.48. The van der Waals surface area contributed by atoms with Crippen LogP contribution in [0, 0.1) is 0 Å². The van der Waals surface area contributed by atoms with Crippen LogP contribution in [-0.2, 0) is 22.5 Å². The van der Waals surface area contributed by atoms with Crippen molar-refractivity contribution in [1.82, 2.24) is 10.1 Å². The number of nitrogens with zero attached hydrogens (tertiary/aromatic N) is 2. The van der Waals surface area contributed by atoms with Crippen LogP contribution in [0.2, 0.25) is 0 Å². The largest absolute Gasteiger partial charge is 0.411 e. The predicted octanol–water partition coefficient (Wildman–Crippen LogP) is 0.665. The van der Waals surface area contributed by atoms with Gasteiger partial charge in [-0.2, -0.15) is 18.2 Å². The maximum atomic E-state index is 11.8. The molecule has 6 nitrogen and oxygen atoms in total. The van der Waals surface area contributed by atoms with Gasteiger partial charge in [0.05, 0.1) is 12.5 Å². The van der Waals surface area contributed by atoms with Gasteiger partial charge in [-0.3, -0.25) is 0 Å². The number of nitrogens with two attached hydrogens (primary N) is 1. The van der Waals surface area contributed by atoms with E-state index >= 15 is 0 Å². The van der Waals surface area contributed by atoms with Gasteiger partial charge in [0, 0.05) is 13.7 Å². The van der Waals surface area contributed by atoms with Crippen LogP contribution >= 0.6 is 0 Å². The highest BCUT2D eigenvalue weighted by atomic mass is 19.4. The van der Waals surface area contributed by atoms with Gasteiger partial charge in [-0.1, -0.05) is 5.16 Å². The lowest BCUT2D eigenvalue weighted by Crippen LogP contribution is -2.24. The van der Waals surface area contributed by atoms with E-state index in [1.165, 1.54) is 7.11 Å². The molecule has 1 unspecified atom stereocenters. The number of rotatable bonds is 7. The number of halogens is 3. The van der Waals surface area contributed by atoms with Crippen LogP contribution < -0.4 is 5.73 Å². The molecule has 1 atom stereocenters. The van der Waals surface area contributed by atoms with E-state index in [2.05, 4.69) is 14.9 Å². The van der Waals surface area contributed by atoms with E-state index in [0.717, 1.165) is 0 Å². The van der Waals surface area contributed by atoms with E-state index < -0.39 is 12.8 Å². The van der Waals surface area contributed by atoms with Gasteiger partial charge in [0.25, 0.3) is 0 Å². The molecule has 0 aliphatic heterocycles. The zero-order chi connectivity index (χ0) is 13.6. The molecule has 0 bridgehead atoms. The Kier molecular flexibility index (Phi) is 5.51. The Bertz CT molecular complexity index is 352. The van der Waals surface area contributed by atoms with Crippen LogP contribution in [0.4, 0.5) is 13.2 Å². The Morgan fingerprint density at radius 1 is 1.44 bits per heavy atom. The number of hydrogen-bond acceptors (Lipinski definition) is 6. The fourth-order valence-corrected chi connectivity index (χ4v) is 1.15. The van der Waals surface area contributed by atoms with Crippen molar-refractivity contribution in [3.63, 3.8) is 0 Å². The van der Waals surface area contributed by atoms with Crippen molar-refractivity contribution in [1.29, 1.82) is 0 Å². The number of aromatic nitrogens is 2. The van der Waals surface area contributed by atoms with Crippen LogP contribution in [-0.4, -0.2) is 42.7 Å². The standard InChI is InChI=1S/C9H14F3N3O3/c1-16-6(3-13)2-8-14-7(15-18-8)4-17-5-9(10,11)12/h6H,2-5,13H2,1H3. The quantitative estimate of drug-likeness (QED) is 0.783. The summed E-state index contributed by atoms with van der Waals surface area (Å²) in [6.45, 7) is -1.43. The van der Waals surface area contributed by atoms with Gasteiger partial charge in [0.1, 0.15) is 13.2 Å². The summed E-state index contributed by atoms with van der Waals surface area (Å²) in [4.78, 5) is 3.86. The minimum Gasteiger partial charge on any atom is -0.380 e. The molecular formula is C9H14F3N3O3. The lowest BCUT2D eigenvalue weighted by atomic mass is 10.2. The fraction of sp³-hybridized carbons (Fsp3) is 0.778. The summed E-state index contributed by atoms with van der Waals surface area (Å²) in [6, 6.07) is 0. The Morgan fingerprint density at radius 2 is 2.17 bits per heavy atom. The minimum atomic E-state index is -4.37.